The molecular weight excluding hydrogens is 438 g/mol. The molecule has 168 valence electrons. The Morgan fingerprint density at radius 2 is 1.30 bits per heavy atom. The van der Waals surface area contributed by atoms with Crippen molar-refractivity contribution in [1.29, 1.82) is 0 Å². The lowest BCUT2D eigenvalue weighted by atomic mass is 10.5. The first-order valence-electron chi connectivity index (χ1n) is 9.39. The predicted octanol–water partition coefficient (Wildman–Crippen LogP) is 3.95. The molecule has 6 rings (SSSR count). The lowest BCUT2D eigenvalue weighted by Crippen LogP contribution is -1.66. The average molecular weight is 462 g/mol. The summed E-state index contributed by atoms with van der Waals surface area (Å²) in [6.07, 6.45) is 24.5. The van der Waals surface area contributed by atoms with Crippen molar-refractivity contribution in [3.8, 4) is 0 Å². The van der Waals surface area contributed by atoms with Crippen molar-refractivity contribution in [2.75, 3.05) is 6.54 Å². The van der Waals surface area contributed by atoms with Crippen LogP contribution in [0.15, 0.2) is 131 Å². The molecular formula is C22H23N9OS. The van der Waals surface area contributed by atoms with Crippen molar-refractivity contribution in [3.63, 3.8) is 0 Å². The molecule has 0 spiro atoms. The third-order valence-corrected chi connectivity index (χ3v) is 3.18. The van der Waals surface area contributed by atoms with Gasteiger partial charge in [0.25, 0.3) is 0 Å². The van der Waals surface area contributed by atoms with E-state index < -0.39 is 0 Å². The van der Waals surface area contributed by atoms with Crippen LogP contribution in [0, 0.1) is 0 Å². The van der Waals surface area contributed by atoms with Gasteiger partial charge in [-0.1, -0.05) is 6.07 Å². The van der Waals surface area contributed by atoms with E-state index in [1.807, 2.05) is 23.6 Å². The number of oxazole rings is 1. The molecule has 0 bridgehead atoms. The van der Waals surface area contributed by atoms with E-state index in [4.69, 9.17) is 0 Å². The Bertz CT molecular complexity index is 760. The van der Waals surface area contributed by atoms with E-state index in [0.29, 0.717) is 0 Å². The van der Waals surface area contributed by atoms with E-state index in [0.717, 1.165) is 6.54 Å². The predicted molar refractivity (Wildman–Crippen MR) is 129 cm³/mol. The summed E-state index contributed by atoms with van der Waals surface area (Å²) in [4.78, 5) is 33.3. The number of aromatic nitrogens is 7. The van der Waals surface area contributed by atoms with Crippen molar-refractivity contribution < 1.29 is 4.42 Å². The zero-order valence-electron chi connectivity index (χ0n) is 17.7. The highest BCUT2D eigenvalue weighted by Crippen LogP contribution is 1.86. The standard InChI is InChI=1S/C5H5N.2C4H4N2.C3H4N2.C3H3NO.C3H3NS/c1-2-4-6-5-3-1;1-2-6-4-3-5-1;1-2-5-4-6-3-1;3*1-2-5-3-4-1/h1-5H;2*1-4H;1,3H,2H2;2*1-3H. The van der Waals surface area contributed by atoms with Gasteiger partial charge < -0.3 is 4.42 Å². The molecule has 0 N–H and O–H groups in total. The molecule has 0 amide bonds. The van der Waals surface area contributed by atoms with Crippen LogP contribution >= 0.6 is 11.3 Å². The molecule has 0 saturated heterocycles. The second-order valence-electron chi connectivity index (χ2n) is 4.99. The summed E-state index contributed by atoms with van der Waals surface area (Å²) in [6.45, 7) is 0.778. The van der Waals surface area contributed by atoms with Gasteiger partial charge in [0.1, 0.15) is 18.9 Å². The maximum Gasteiger partial charge on any atom is 0.180 e. The first-order chi connectivity index (χ1) is 16.5. The minimum Gasteiger partial charge on any atom is -0.452 e. The molecule has 0 fully saturated rings. The molecule has 6 heterocycles. The topological polar surface area (TPSA) is 128 Å². The number of thiazole rings is 1. The number of hydrogen-bond donors (Lipinski definition) is 0. The fraction of sp³-hybridized carbons (Fsp3) is 0.0455. The summed E-state index contributed by atoms with van der Waals surface area (Å²) in [6, 6.07) is 7.49. The van der Waals surface area contributed by atoms with Crippen LogP contribution in [0.25, 0.3) is 0 Å². The van der Waals surface area contributed by atoms with E-state index in [2.05, 4.69) is 49.3 Å². The Labute approximate surface area is 196 Å². The van der Waals surface area contributed by atoms with Crippen molar-refractivity contribution in [2.24, 2.45) is 9.98 Å². The molecule has 0 saturated carbocycles. The van der Waals surface area contributed by atoms with E-state index >= 15 is 0 Å². The molecule has 0 atom stereocenters. The molecule has 0 unspecified atom stereocenters. The Hall–Kier alpha value is -4.51. The van der Waals surface area contributed by atoms with Gasteiger partial charge in [-0.3, -0.25) is 24.9 Å². The van der Waals surface area contributed by atoms with Crippen molar-refractivity contribution in [1.82, 2.24) is 34.9 Å². The number of rotatable bonds is 0. The van der Waals surface area contributed by atoms with E-state index in [1.54, 1.807) is 97.4 Å². The summed E-state index contributed by atoms with van der Waals surface area (Å²) in [5, 5.41) is 1.93. The van der Waals surface area contributed by atoms with Gasteiger partial charge in [-0.15, -0.1) is 11.3 Å². The monoisotopic (exact) mass is 461 g/mol. The van der Waals surface area contributed by atoms with Crippen LogP contribution in [0.3, 0.4) is 0 Å². The Balaban J connectivity index is 0.000000198. The average Bonchev–Trinajstić information content (AvgIpc) is 3.76. The van der Waals surface area contributed by atoms with Gasteiger partial charge >= 0.3 is 0 Å². The molecule has 33 heavy (non-hydrogen) atoms. The summed E-state index contributed by atoms with van der Waals surface area (Å²) >= 11 is 1.60. The third-order valence-electron chi connectivity index (χ3n) is 2.66. The SMILES string of the molecule is C1=NC=NC1.c1ccncc1.c1cnccn1.c1cncnc1.c1cocn1.c1cscn1. The summed E-state index contributed by atoms with van der Waals surface area (Å²) in [5.74, 6) is 0. The van der Waals surface area contributed by atoms with Gasteiger partial charge in [0, 0.05) is 67.4 Å². The zero-order valence-corrected chi connectivity index (χ0v) is 18.5. The Morgan fingerprint density at radius 3 is 1.48 bits per heavy atom. The second-order valence-corrected chi connectivity index (χ2v) is 5.74. The van der Waals surface area contributed by atoms with Crippen LogP contribution in [0.4, 0.5) is 0 Å². The van der Waals surface area contributed by atoms with E-state index in [9.17, 15) is 0 Å². The smallest absolute Gasteiger partial charge is 0.180 e. The van der Waals surface area contributed by atoms with Crippen molar-refractivity contribution in [2.45, 2.75) is 0 Å². The summed E-state index contributed by atoms with van der Waals surface area (Å²) < 4.78 is 4.47. The number of hydrogen-bond acceptors (Lipinski definition) is 11. The van der Waals surface area contributed by atoms with E-state index in [-0.39, 0.29) is 0 Å². The first kappa shape index (κ1) is 26.5. The zero-order chi connectivity index (χ0) is 23.3. The second kappa shape index (κ2) is 23.8. The summed E-state index contributed by atoms with van der Waals surface area (Å²) in [5.41, 5.74) is 1.79. The van der Waals surface area contributed by atoms with Crippen LogP contribution in [-0.4, -0.2) is 54.0 Å². The van der Waals surface area contributed by atoms with Crippen LogP contribution in [0.5, 0.6) is 0 Å². The molecule has 0 radical (unpaired) electrons. The first-order valence-corrected chi connectivity index (χ1v) is 10.3. The quantitative estimate of drug-likeness (QED) is 0.339. The lowest BCUT2D eigenvalue weighted by molar-refractivity contribution is 0.558. The Kier molecular flexibility index (Phi) is 19.1. The van der Waals surface area contributed by atoms with Crippen LogP contribution in [-0.2, 0) is 0 Å². The number of aliphatic imine (C=N–C) groups is 2. The number of pyridine rings is 1. The van der Waals surface area contributed by atoms with Crippen LogP contribution < -0.4 is 0 Å². The van der Waals surface area contributed by atoms with Crippen molar-refractivity contribution >= 4 is 23.9 Å². The molecule has 10 nitrogen and oxygen atoms in total. The normalized spacial score (nSPS) is 9.45. The molecule has 11 heteroatoms. The highest BCUT2D eigenvalue weighted by Gasteiger charge is 1.73. The Morgan fingerprint density at radius 1 is 0.606 bits per heavy atom. The van der Waals surface area contributed by atoms with Gasteiger partial charge in [-0.2, -0.15) is 0 Å². The van der Waals surface area contributed by atoms with Crippen molar-refractivity contribution in [3.05, 3.63) is 116 Å². The van der Waals surface area contributed by atoms with Crippen LogP contribution in [0.1, 0.15) is 0 Å². The van der Waals surface area contributed by atoms with Gasteiger partial charge in [-0.25, -0.2) is 19.9 Å². The minimum absolute atomic E-state index is 0.778. The third kappa shape index (κ3) is 22.0. The summed E-state index contributed by atoms with van der Waals surface area (Å²) in [7, 11) is 0. The molecule has 1 aliphatic heterocycles. The minimum atomic E-state index is 0.778. The molecule has 0 aliphatic carbocycles. The molecule has 5 aromatic heterocycles. The largest absolute Gasteiger partial charge is 0.452 e. The van der Waals surface area contributed by atoms with Gasteiger partial charge in [0.05, 0.1) is 18.3 Å². The van der Waals surface area contributed by atoms with E-state index in [1.165, 1.54) is 19.0 Å². The van der Waals surface area contributed by atoms with Crippen LogP contribution in [0.2, 0.25) is 0 Å². The fourth-order valence-electron chi connectivity index (χ4n) is 1.41. The van der Waals surface area contributed by atoms with Gasteiger partial charge in [0.15, 0.2) is 6.39 Å². The maximum atomic E-state index is 4.47. The maximum absolute atomic E-state index is 4.47. The molecule has 5 aromatic rings. The highest BCUT2D eigenvalue weighted by molar-refractivity contribution is 7.07. The molecule has 0 aromatic carbocycles. The number of nitrogens with zero attached hydrogens (tertiary/aromatic N) is 9. The molecule has 1 aliphatic rings. The highest BCUT2D eigenvalue weighted by atomic mass is 32.1. The van der Waals surface area contributed by atoms with Gasteiger partial charge in [0.2, 0.25) is 0 Å². The fourth-order valence-corrected chi connectivity index (χ4v) is 1.76. The van der Waals surface area contributed by atoms with Gasteiger partial charge in [-0.05, 0) is 18.2 Å². The lowest BCUT2D eigenvalue weighted by Gasteiger charge is -1.70.